The number of halogens is 2. The SMILES string of the molecule is OC(CCC1CCCCC1)c1ccc(Br)c(Cl)c1. The molecule has 0 aromatic heterocycles. The predicted molar refractivity (Wildman–Crippen MR) is 79.9 cm³/mol. The molecule has 0 spiro atoms. The molecule has 1 saturated carbocycles. The van der Waals surface area contributed by atoms with Gasteiger partial charge in [-0.1, -0.05) is 49.8 Å². The van der Waals surface area contributed by atoms with Crippen molar-refractivity contribution in [2.24, 2.45) is 5.92 Å². The van der Waals surface area contributed by atoms with Crippen LogP contribution in [0, 0.1) is 5.92 Å². The van der Waals surface area contributed by atoms with Gasteiger partial charge in [-0.15, -0.1) is 0 Å². The first kappa shape index (κ1) is 14.4. The standard InChI is InChI=1S/C15H20BrClO/c16-13-8-7-12(10-14(13)17)15(18)9-6-11-4-2-1-3-5-11/h7-8,10-11,15,18H,1-6,9H2. The largest absolute Gasteiger partial charge is 0.388 e. The van der Waals surface area contributed by atoms with E-state index in [1.807, 2.05) is 18.2 Å². The van der Waals surface area contributed by atoms with Crippen LogP contribution in [0.1, 0.15) is 56.6 Å². The smallest absolute Gasteiger partial charge is 0.0790 e. The fourth-order valence-electron chi connectivity index (χ4n) is 2.76. The molecule has 0 amide bonds. The lowest BCUT2D eigenvalue weighted by atomic mass is 9.85. The van der Waals surface area contributed by atoms with E-state index in [1.54, 1.807) is 0 Å². The summed E-state index contributed by atoms with van der Waals surface area (Å²) in [5.41, 5.74) is 0.930. The summed E-state index contributed by atoms with van der Waals surface area (Å²) in [6.07, 6.45) is 8.41. The lowest BCUT2D eigenvalue weighted by molar-refractivity contribution is 0.151. The average molecular weight is 332 g/mol. The highest BCUT2D eigenvalue weighted by Crippen LogP contribution is 2.32. The van der Waals surface area contributed by atoms with Gasteiger partial charge in [-0.05, 0) is 52.4 Å². The van der Waals surface area contributed by atoms with E-state index >= 15 is 0 Å². The molecule has 0 saturated heterocycles. The van der Waals surface area contributed by atoms with Crippen LogP contribution >= 0.6 is 27.5 Å². The van der Waals surface area contributed by atoms with Crippen molar-refractivity contribution in [2.45, 2.75) is 51.0 Å². The van der Waals surface area contributed by atoms with E-state index in [9.17, 15) is 5.11 Å². The summed E-state index contributed by atoms with van der Waals surface area (Å²) >= 11 is 9.42. The second kappa shape index (κ2) is 6.93. The first-order chi connectivity index (χ1) is 8.66. The Morgan fingerprint density at radius 2 is 2.00 bits per heavy atom. The summed E-state index contributed by atoms with van der Waals surface area (Å²) in [5, 5.41) is 10.9. The van der Waals surface area contributed by atoms with Crippen molar-refractivity contribution in [1.82, 2.24) is 0 Å². The van der Waals surface area contributed by atoms with Gasteiger partial charge in [-0.3, -0.25) is 0 Å². The highest BCUT2D eigenvalue weighted by Gasteiger charge is 2.16. The van der Waals surface area contributed by atoms with Crippen molar-refractivity contribution in [2.75, 3.05) is 0 Å². The fraction of sp³-hybridized carbons (Fsp3) is 0.600. The van der Waals surface area contributed by atoms with Crippen LogP contribution in [-0.2, 0) is 0 Å². The minimum atomic E-state index is -0.377. The predicted octanol–water partition coefficient (Wildman–Crippen LogP) is 5.50. The minimum Gasteiger partial charge on any atom is -0.388 e. The molecule has 3 heteroatoms. The molecule has 1 N–H and O–H groups in total. The lowest BCUT2D eigenvalue weighted by Gasteiger charge is -2.22. The topological polar surface area (TPSA) is 20.2 Å². The Bertz CT molecular complexity index is 388. The van der Waals surface area contributed by atoms with Gasteiger partial charge in [0.2, 0.25) is 0 Å². The van der Waals surface area contributed by atoms with Crippen molar-refractivity contribution >= 4 is 27.5 Å². The molecular formula is C15H20BrClO. The third kappa shape index (κ3) is 3.97. The van der Waals surface area contributed by atoms with Gasteiger partial charge >= 0.3 is 0 Å². The molecule has 1 aliphatic carbocycles. The Labute approximate surface area is 123 Å². The van der Waals surface area contributed by atoms with E-state index in [2.05, 4.69) is 15.9 Å². The van der Waals surface area contributed by atoms with Crippen molar-refractivity contribution in [3.63, 3.8) is 0 Å². The van der Waals surface area contributed by atoms with Crippen LogP contribution in [0.15, 0.2) is 22.7 Å². The number of rotatable bonds is 4. The Balaban J connectivity index is 1.86. The molecule has 0 bridgehead atoms. The normalized spacial score (nSPS) is 18.8. The van der Waals surface area contributed by atoms with Gasteiger partial charge in [0.25, 0.3) is 0 Å². The second-order valence-corrected chi connectivity index (χ2v) is 6.53. The minimum absolute atomic E-state index is 0.377. The number of aliphatic hydroxyl groups excluding tert-OH is 1. The summed E-state index contributed by atoms with van der Waals surface area (Å²) in [5.74, 6) is 0.819. The molecule has 0 heterocycles. The molecule has 1 unspecified atom stereocenters. The van der Waals surface area contributed by atoms with Crippen LogP contribution in [0.5, 0.6) is 0 Å². The van der Waals surface area contributed by atoms with Crippen LogP contribution < -0.4 is 0 Å². The lowest BCUT2D eigenvalue weighted by Crippen LogP contribution is -2.08. The Kier molecular flexibility index (Phi) is 5.53. The number of hydrogen-bond acceptors (Lipinski definition) is 1. The van der Waals surface area contributed by atoms with Crippen molar-refractivity contribution in [3.8, 4) is 0 Å². The van der Waals surface area contributed by atoms with Crippen LogP contribution in [0.2, 0.25) is 5.02 Å². The van der Waals surface area contributed by atoms with Gasteiger partial charge < -0.3 is 5.11 Å². The molecule has 1 aromatic carbocycles. The molecule has 1 aliphatic rings. The van der Waals surface area contributed by atoms with Crippen molar-refractivity contribution in [3.05, 3.63) is 33.3 Å². The quantitative estimate of drug-likeness (QED) is 0.772. The highest BCUT2D eigenvalue weighted by atomic mass is 79.9. The van der Waals surface area contributed by atoms with Gasteiger partial charge in [-0.2, -0.15) is 0 Å². The Morgan fingerprint density at radius 1 is 1.28 bits per heavy atom. The molecule has 0 aliphatic heterocycles. The zero-order valence-corrected chi connectivity index (χ0v) is 12.9. The monoisotopic (exact) mass is 330 g/mol. The summed E-state index contributed by atoms with van der Waals surface area (Å²) in [4.78, 5) is 0. The van der Waals surface area contributed by atoms with E-state index in [0.29, 0.717) is 5.02 Å². The van der Waals surface area contributed by atoms with Gasteiger partial charge in [0.05, 0.1) is 11.1 Å². The van der Waals surface area contributed by atoms with E-state index in [1.165, 1.54) is 32.1 Å². The zero-order chi connectivity index (χ0) is 13.0. The number of aliphatic hydroxyl groups is 1. The van der Waals surface area contributed by atoms with Gasteiger partial charge in [-0.25, -0.2) is 0 Å². The van der Waals surface area contributed by atoms with E-state index < -0.39 is 0 Å². The maximum atomic E-state index is 10.2. The maximum absolute atomic E-state index is 10.2. The summed E-state index contributed by atoms with van der Waals surface area (Å²) in [6, 6.07) is 5.71. The molecular weight excluding hydrogens is 312 g/mol. The Morgan fingerprint density at radius 3 is 2.67 bits per heavy atom. The first-order valence-corrected chi connectivity index (χ1v) is 7.97. The van der Waals surface area contributed by atoms with Crippen molar-refractivity contribution < 1.29 is 5.11 Å². The van der Waals surface area contributed by atoms with Crippen LogP contribution in [-0.4, -0.2) is 5.11 Å². The highest BCUT2D eigenvalue weighted by molar-refractivity contribution is 9.10. The number of benzene rings is 1. The molecule has 1 aromatic rings. The maximum Gasteiger partial charge on any atom is 0.0790 e. The van der Waals surface area contributed by atoms with Gasteiger partial charge in [0, 0.05) is 4.47 Å². The molecule has 1 atom stereocenters. The number of hydrogen-bond donors (Lipinski definition) is 1. The molecule has 1 nitrogen and oxygen atoms in total. The van der Waals surface area contributed by atoms with E-state index in [0.717, 1.165) is 28.8 Å². The fourth-order valence-corrected chi connectivity index (χ4v) is 3.19. The van der Waals surface area contributed by atoms with Crippen molar-refractivity contribution in [1.29, 1.82) is 0 Å². The average Bonchev–Trinajstić information content (AvgIpc) is 2.40. The third-order valence-corrected chi connectivity index (χ3v) is 5.13. The molecule has 0 radical (unpaired) electrons. The van der Waals surface area contributed by atoms with Gasteiger partial charge in [0.1, 0.15) is 0 Å². The van der Waals surface area contributed by atoms with Crippen LogP contribution in [0.4, 0.5) is 0 Å². The van der Waals surface area contributed by atoms with Gasteiger partial charge in [0.15, 0.2) is 0 Å². The molecule has 100 valence electrons. The van der Waals surface area contributed by atoms with Crippen LogP contribution in [0.3, 0.4) is 0 Å². The molecule has 2 rings (SSSR count). The van der Waals surface area contributed by atoms with E-state index in [-0.39, 0.29) is 6.10 Å². The summed E-state index contributed by atoms with van der Waals surface area (Å²) in [6.45, 7) is 0. The van der Waals surface area contributed by atoms with Crippen LogP contribution in [0.25, 0.3) is 0 Å². The second-order valence-electron chi connectivity index (χ2n) is 5.27. The molecule has 1 fully saturated rings. The first-order valence-electron chi connectivity index (χ1n) is 6.80. The zero-order valence-electron chi connectivity index (χ0n) is 10.5. The summed E-state index contributed by atoms with van der Waals surface area (Å²) in [7, 11) is 0. The molecule has 18 heavy (non-hydrogen) atoms. The van der Waals surface area contributed by atoms with E-state index in [4.69, 9.17) is 11.6 Å². The summed E-state index contributed by atoms with van der Waals surface area (Å²) < 4.78 is 0.882. The Hall–Kier alpha value is -0.0500. The third-order valence-electron chi connectivity index (χ3n) is 3.90.